The molecule has 0 aromatic rings. The molecule has 0 aromatic carbocycles. The Balaban J connectivity index is 2.49. The van der Waals surface area contributed by atoms with Crippen LogP contribution in [-0.4, -0.2) is 58.2 Å². The molecule has 17 heavy (non-hydrogen) atoms. The lowest BCUT2D eigenvalue weighted by Gasteiger charge is -2.40. The first-order valence-electron chi connectivity index (χ1n) is 5.47. The van der Waals surface area contributed by atoms with Gasteiger partial charge in [0.25, 0.3) is 0 Å². The van der Waals surface area contributed by atoms with Gasteiger partial charge >= 0.3 is 0 Å². The van der Waals surface area contributed by atoms with E-state index >= 15 is 0 Å². The zero-order valence-corrected chi connectivity index (χ0v) is 9.63. The van der Waals surface area contributed by atoms with E-state index in [0.717, 1.165) is 0 Å². The number of aliphatic hydroxyl groups is 3. The molecule has 6 heteroatoms. The molecule has 1 aliphatic rings. The Morgan fingerprint density at radius 2 is 2.00 bits per heavy atom. The third kappa shape index (κ3) is 3.41. The Kier molecular flexibility index (Phi) is 4.90. The molecule has 5 atom stereocenters. The first-order chi connectivity index (χ1) is 7.97. The molecule has 1 amide bonds. The average Bonchev–Trinajstić information content (AvgIpc) is 2.30. The Labute approximate surface area is 100 Å². The highest BCUT2D eigenvalue weighted by Gasteiger charge is 2.40. The highest BCUT2D eigenvalue weighted by atomic mass is 16.4. The van der Waals surface area contributed by atoms with Crippen LogP contribution in [0.5, 0.6) is 0 Å². The van der Waals surface area contributed by atoms with Gasteiger partial charge in [-0.2, -0.15) is 0 Å². The lowest BCUT2D eigenvalue weighted by molar-refractivity contribution is -0.123. The topological polar surface area (TPSA) is 102 Å². The fourth-order valence-electron chi connectivity index (χ4n) is 1.83. The molecule has 0 bridgehead atoms. The van der Waals surface area contributed by atoms with Crippen LogP contribution >= 0.6 is 0 Å². The summed E-state index contributed by atoms with van der Waals surface area (Å²) in [7, 11) is 0. The zero-order chi connectivity index (χ0) is 13.0. The van der Waals surface area contributed by atoms with Crippen molar-refractivity contribution in [3.05, 3.63) is 0 Å². The van der Waals surface area contributed by atoms with Gasteiger partial charge in [0, 0.05) is 12.6 Å². The van der Waals surface area contributed by atoms with Gasteiger partial charge in [0.2, 0.25) is 5.91 Å². The van der Waals surface area contributed by atoms with E-state index < -0.39 is 24.4 Å². The van der Waals surface area contributed by atoms with E-state index in [-0.39, 0.29) is 24.9 Å². The molecule has 1 heterocycles. The van der Waals surface area contributed by atoms with Crippen LogP contribution in [0, 0.1) is 12.3 Å². The number of rotatable bonds is 3. The largest absolute Gasteiger partial charge is 0.389 e. The minimum atomic E-state index is -1.22. The molecule has 0 spiro atoms. The molecular formula is C11H18N2O4. The summed E-state index contributed by atoms with van der Waals surface area (Å²) in [6.45, 7) is 1.84. The molecule has 6 nitrogen and oxygen atoms in total. The zero-order valence-electron chi connectivity index (χ0n) is 9.63. The van der Waals surface area contributed by atoms with Gasteiger partial charge in [0.1, 0.15) is 6.10 Å². The number of piperidine rings is 1. The van der Waals surface area contributed by atoms with Crippen LogP contribution in [-0.2, 0) is 4.79 Å². The Morgan fingerprint density at radius 1 is 1.35 bits per heavy atom. The third-order valence-electron chi connectivity index (χ3n) is 2.88. The van der Waals surface area contributed by atoms with Gasteiger partial charge in [0.05, 0.1) is 24.7 Å². The molecule has 1 saturated heterocycles. The first kappa shape index (κ1) is 13.9. The number of carbonyl (C=O) groups excluding carboxylic acids is 1. The second-order valence-corrected chi connectivity index (χ2v) is 4.22. The quantitative estimate of drug-likeness (QED) is 0.354. The van der Waals surface area contributed by atoms with Crippen LogP contribution in [0.3, 0.4) is 0 Å². The van der Waals surface area contributed by atoms with Gasteiger partial charge in [-0.3, -0.25) is 4.79 Å². The van der Waals surface area contributed by atoms with Crippen molar-refractivity contribution < 1.29 is 20.1 Å². The van der Waals surface area contributed by atoms with E-state index in [2.05, 4.69) is 16.6 Å². The van der Waals surface area contributed by atoms with E-state index in [0.29, 0.717) is 0 Å². The molecule has 1 aliphatic heterocycles. The van der Waals surface area contributed by atoms with Crippen LogP contribution in [0.25, 0.3) is 0 Å². The molecular weight excluding hydrogens is 224 g/mol. The van der Waals surface area contributed by atoms with E-state index in [4.69, 9.17) is 6.42 Å². The maximum absolute atomic E-state index is 11.1. The Morgan fingerprint density at radius 3 is 2.59 bits per heavy atom. The summed E-state index contributed by atoms with van der Waals surface area (Å²) in [6, 6.07) is -0.868. The van der Waals surface area contributed by atoms with Crippen molar-refractivity contribution in [1.29, 1.82) is 0 Å². The van der Waals surface area contributed by atoms with Crippen molar-refractivity contribution in [2.24, 2.45) is 0 Å². The number of nitrogens with one attached hydrogen (secondary N) is 2. The molecule has 0 radical (unpaired) electrons. The van der Waals surface area contributed by atoms with E-state index in [1.807, 2.05) is 0 Å². The summed E-state index contributed by atoms with van der Waals surface area (Å²) in [6.07, 6.45) is 1.58. The summed E-state index contributed by atoms with van der Waals surface area (Å²) in [5, 5.41) is 34.2. The third-order valence-corrected chi connectivity index (χ3v) is 2.88. The van der Waals surface area contributed by atoms with Crippen molar-refractivity contribution in [3.8, 4) is 12.3 Å². The van der Waals surface area contributed by atoms with Gasteiger partial charge < -0.3 is 26.0 Å². The Hall–Kier alpha value is -1.13. The maximum Gasteiger partial charge on any atom is 0.232 e. The second kappa shape index (κ2) is 5.98. The van der Waals surface area contributed by atoms with Gasteiger partial charge in [0.15, 0.2) is 0 Å². The Bertz CT molecular complexity index is 315. The highest BCUT2D eigenvalue weighted by molar-refractivity contribution is 5.78. The lowest BCUT2D eigenvalue weighted by Crippen LogP contribution is -2.66. The van der Waals surface area contributed by atoms with Gasteiger partial charge in [-0.1, -0.05) is 5.92 Å². The number of carbonyl (C=O) groups is 1. The van der Waals surface area contributed by atoms with E-state index in [1.165, 1.54) is 0 Å². The normalized spacial score (nSPS) is 37.2. The van der Waals surface area contributed by atoms with Crippen LogP contribution in [0.1, 0.15) is 13.3 Å². The SMILES string of the molecule is C#CCC(=O)NC[C@H]1N[C@@H](C)[C@@H](O)[C@@H](O)[C@@H]1O. The highest BCUT2D eigenvalue weighted by Crippen LogP contribution is 2.14. The minimum absolute atomic E-state index is 0.0243. The molecule has 1 rings (SSSR count). The van der Waals surface area contributed by atoms with Crippen LogP contribution in [0.4, 0.5) is 0 Å². The molecule has 1 fully saturated rings. The summed E-state index contributed by atoms with van der Waals surface area (Å²) in [5.41, 5.74) is 0. The summed E-state index contributed by atoms with van der Waals surface area (Å²) in [4.78, 5) is 11.1. The number of terminal acetylenes is 1. The van der Waals surface area contributed by atoms with E-state index in [9.17, 15) is 20.1 Å². The van der Waals surface area contributed by atoms with Crippen LogP contribution in [0.15, 0.2) is 0 Å². The maximum atomic E-state index is 11.1. The number of hydrogen-bond acceptors (Lipinski definition) is 5. The van der Waals surface area contributed by atoms with E-state index in [1.54, 1.807) is 6.92 Å². The number of amides is 1. The summed E-state index contributed by atoms with van der Waals surface area (Å²) in [5.74, 6) is 1.90. The summed E-state index contributed by atoms with van der Waals surface area (Å²) >= 11 is 0. The molecule has 96 valence electrons. The molecule has 0 aliphatic carbocycles. The summed E-state index contributed by atoms with van der Waals surface area (Å²) < 4.78 is 0. The van der Waals surface area contributed by atoms with Gasteiger partial charge in [-0.05, 0) is 6.92 Å². The van der Waals surface area contributed by atoms with Crippen LogP contribution < -0.4 is 10.6 Å². The fourth-order valence-corrected chi connectivity index (χ4v) is 1.83. The van der Waals surface area contributed by atoms with Crippen molar-refractivity contribution in [3.63, 3.8) is 0 Å². The molecule has 0 saturated carbocycles. The van der Waals surface area contributed by atoms with Crippen molar-refractivity contribution in [1.82, 2.24) is 10.6 Å². The number of hydrogen-bond donors (Lipinski definition) is 5. The lowest BCUT2D eigenvalue weighted by atomic mass is 9.91. The monoisotopic (exact) mass is 242 g/mol. The minimum Gasteiger partial charge on any atom is -0.389 e. The molecule has 0 unspecified atom stereocenters. The predicted octanol–water partition coefficient (Wildman–Crippen LogP) is -2.43. The van der Waals surface area contributed by atoms with Crippen molar-refractivity contribution in [2.45, 2.75) is 43.7 Å². The van der Waals surface area contributed by atoms with Crippen LogP contribution in [0.2, 0.25) is 0 Å². The molecule has 0 aromatic heterocycles. The number of aliphatic hydroxyl groups excluding tert-OH is 3. The smallest absolute Gasteiger partial charge is 0.232 e. The fraction of sp³-hybridized carbons (Fsp3) is 0.727. The predicted molar refractivity (Wildman–Crippen MR) is 60.9 cm³/mol. The van der Waals surface area contributed by atoms with Crippen molar-refractivity contribution in [2.75, 3.05) is 6.54 Å². The average molecular weight is 242 g/mol. The van der Waals surface area contributed by atoms with Gasteiger partial charge in [-0.15, -0.1) is 6.42 Å². The first-order valence-corrected chi connectivity index (χ1v) is 5.47. The second-order valence-electron chi connectivity index (χ2n) is 4.22. The standard InChI is InChI=1S/C11H18N2O4/c1-3-4-8(14)12-5-7-10(16)11(17)9(15)6(2)13-7/h1,6-7,9-11,13,15-17H,4-5H2,2H3,(H,12,14)/t6-,7+,9+,10+,11+/m0/s1. The van der Waals surface area contributed by atoms with Crippen molar-refractivity contribution >= 4 is 5.91 Å². The van der Waals surface area contributed by atoms with Gasteiger partial charge in [-0.25, -0.2) is 0 Å². The molecule has 5 N–H and O–H groups in total.